The van der Waals surface area contributed by atoms with E-state index in [-0.39, 0.29) is 34.0 Å². The Balaban J connectivity index is 1.57. The van der Waals surface area contributed by atoms with Crippen LogP contribution in [0.2, 0.25) is 0 Å². The summed E-state index contributed by atoms with van der Waals surface area (Å²) in [6.07, 6.45) is 8.58. The molecule has 30 heavy (non-hydrogen) atoms. The minimum Gasteiger partial charge on any atom is -0.396 e. The smallest absolute Gasteiger partial charge is 0.223 e. The number of ketones is 1. The molecule has 168 valence electrons. The predicted molar refractivity (Wildman–Crippen MR) is 120 cm³/mol. The van der Waals surface area contributed by atoms with Gasteiger partial charge in [-0.05, 0) is 106 Å². The van der Waals surface area contributed by atoms with E-state index in [0.29, 0.717) is 35.8 Å². The van der Waals surface area contributed by atoms with Crippen LogP contribution in [0.25, 0.3) is 0 Å². The van der Waals surface area contributed by atoms with Crippen molar-refractivity contribution < 1.29 is 9.59 Å². The number of allylic oxidation sites excluding steroid dienone is 1. The Morgan fingerprint density at radius 2 is 1.77 bits per heavy atom. The quantitative estimate of drug-likeness (QED) is 0.670. The predicted octanol–water partition coefficient (Wildman–Crippen LogP) is 4.97. The van der Waals surface area contributed by atoms with Crippen molar-refractivity contribution in [3.05, 3.63) is 11.3 Å². The number of Topliss-reactive ketones (excluding diaryl/α,β-unsaturated/α-hetero) is 1. The number of hydrogen-bond acceptors (Lipinski definition) is 3. The molecule has 4 heteroatoms. The van der Waals surface area contributed by atoms with E-state index >= 15 is 0 Å². The fourth-order valence-electron chi connectivity index (χ4n) is 8.28. The number of fused-ring (bicyclic) bond motifs is 5. The van der Waals surface area contributed by atoms with Crippen molar-refractivity contribution in [1.29, 1.82) is 0 Å². The van der Waals surface area contributed by atoms with Crippen LogP contribution in [0.5, 0.6) is 0 Å². The molecular formula is C26H42N2O2. The Labute approximate surface area is 182 Å². The van der Waals surface area contributed by atoms with Crippen molar-refractivity contribution in [2.45, 2.75) is 98.4 Å². The van der Waals surface area contributed by atoms with Gasteiger partial charge in [0.05, 0.1) is 5.70 Å². The highest BCUT2D eigenvalue weighted by Crippen LogP contribution is 2.67. The van der Waals surface area contributed by atoms with Crippen molar-refractivity contribution in [1.82, 2.24) is 5.32 Å². The van der Waals surface area contributed by atoms with Gasteiger partial charge in [0, 0.05) is 17.9 Å². The molecular weight excluding hydrogens is 372 g/mol. The van der Waals surface area contributed by atoms with Gasteiger partial charge in [-0.15, -0.1) is 0 Å². The molecule has 0 aliphatic heterocycles. The average molecular weight is 415 g/mol. The van der Waals surface area contributed by atoms with Crippen molar-refractivity contribution in [2.24, 2.45) is 46.2 Å². The van der Waals surface area contributed by atoms with Crippen LogP contribution in [0.15, 0.2) is 11.3 Å². The Hall–Kier alpha value is -1.32. The van der Waals surface area contributed by atoms with E-state index in [1.807, 2.05) is 0 Å². The van der Waals surface area contributed by atoms with Gasteiger partial charge in [0.1, 0.15) is 0 Å². The SMILES string of the molecule is CC(C(=O)NC(C)(C)C)[C@H]1CC[C@H]2[C@@H]3CCC4=C(N)C(=O)CC[C@]4(C)[C@H]3CC[C@]12C. The maximum atomic E-state index is 13.0. The standard InChI is InChI=1S/C26H42N2O2/c1-15(23(30)28-24(2,3)4)17-9-10-18-16-7-8-20-22(27)21(29)12-14-26(20,6)19(16)11-13-25(17,18)5/h15-19H,7-14,27H2,1-6H3,(H,28,30)/t15?,16-,17+,18-,19-,25+,26+/m0/s1. The molecule has 3 saturated carbocycles. The number of carbonyl (C=O) groups excluding carboxylic acids is 2. The Kier molecular flexibility index (Phi) is 5.18. The van der Waals surface area contributed by atoms with Gasteiger partial charge in [-0.25, -0.2) is 0 Å². The lowest BCUT2D eigenvalue weighted by molar-refractivity contribution is -0.131. The van der Waals surface area contributed by atoms with Crippen LogP contribution in [0, 0.1) is 40.4 Å². The second kappa shape index (κ2) is 7.10. The van der Waals surface area contributed by atoms with Gasteiger partial charge < -0.3 is 11.1 Å². The Morgan fingerprint density at radius 1 is 1.07 bits per heavy atom. The van der Waals surface area contributed by atoms with Gasteiger partial charge >= 0.3 is 0 Å². The summed E-state index contributed by atoms with van der Waals surface area (Å²) in [6, 6.07) is 0. The highest BCUT2D eigenvalue weighted by atomic mass is 16.2. The fourth-order valence-corrected chi connectivity index (χ4v) is 8.28. The summed E-state index contributed by atoms with van der Waals surface area (Å²) >= 11 is 0. The molecule has 1 unspecified atom stereocenters. The van der Waals surface area contributed by atoms with Gasteiger partial charge in [-0.3, -0.25) is 9.59 Å². The molecule has 0 aromatic heterocycles. The molecule has 0 saturated heterocycles. The lowest BCUT2D eigenvalue weighted by Gasteiger charge is -2.58. The van der Waals surface area contributed by atoms with E-state index in [4.69, 9.17) is 5.73 Å². The summed E-state index contributed by atoms with van der Waals surface area (Å²) in [4.78, 5) is 25.2. The van der Waals surface area contributed by atoms with E-state index in [9.17, 15) is 9.59 Å². The number of nitrogens with two attached hydrogens (primary N) is 1. The summed E-state index contributed by atoms with van der Waals surface area (Å²) in [5.41, 5.74) is 8.35. The maximum absolute atomic E-state index is 13.0. The lowest BCUT2D eigenvalue weighted by Crippen LogP contribution is -2.53. The number of rotatable bonds is 2. The molecule has 3 fully saturated rings. The van der Waals surface area contributed by atoms with E-state index in [0.717, 1.165) is 12.8 Å². The van der Waals surface area contributed by atoms with E-state index in [1.165, 1.54) is 37.7 Å². The molecule has 4 aliphatic carbocycles. The largest absolute Gasteiger partial charge is 0.396 e. The number of amides is 1. The average Bonchev–Trinajstić information content (AvgIpc) is 3.00. The summed E-state index contributed by atoms with van der Waals surface area (Å²) in [7, 11) is 0. The monoisotopic (exact) mass is 414 g/mol. The van der Waals surface area contributed by atoms with Crippen LogP contribution in [0.3, 0.4) is 0 Å². The Bertz CT molecular complexity index is 778. The third-order valence-corrected chi connectivity index (χ3v) is 9.76. The molecule has 3 N–H and O–H groups in total. The molecule has 0 heterocycles. The molecule has 0 aromatic carbocycles. The third kappa shape index (κ3) is 3.24. The molecule has 0 spiro atoms. The van der Waals surface area contributed by atoms with Crippen LogP contribution in [-0.2, 0) is 9.59 Å². The zero-order chi connectivity index (χ0) is 22.1. The van der Waals surface area contributed by atoms with Gasteiger partial charge in [-0.1, -0.05) is 20.8 Å². The minimum absolute atomic E-state index is 0.0633. The second-order valence-electron chi connectivity index (χ2n) is 12.4. The van der Waals surface area contributed by atoms with Gasteiger partial charge in [0.15, 0.2) is 5.78 Å². The van der Waals surface area contributed by atoms with Crippen LogP contribution >= 0.6 is 0 Å². The third-order valence-electron chi connectivity index (χ3n) is 9.76. The summed E-state index contributed by atoms with van der Waals surface area (Å²) in [5, 5.41) is 3.23. The summed E-state index contributed by atoms with van der Waals surface area (Å²) in [6.45, 7) is 13.2. The normalized spacial score (nSPS) is 42.3. The number of nitrogens with one attached hydrogen (secondary N) is 1. The fraction of sp³-hybridized carbons (Fsp3) is 0.846. The van der Waals surface area contributed by atoms with Gasteiger partial charge in [0.25, 0.3) is 0 Å². The lowest BCUT2D eigenvalue weighted by atomic mass is 9.46. The summed E-state index contributed by atoms with van der Waals surface area (Å²) in [5.74, 6) is 2.96. The van der Waals surface area contributed by atoms with E-state index in [1.54, 1.807) is 0 Å². The van der Waals surface area contributed by atoms with Crippen molar-refractivity contribution in [3.8, 4) is 0 Å². The zero-order valence-electron chi connectivity index (χ0n) is 19.9. The first-order chi connectivity index (χ1) is 13.9. The van der Waals surface area contributed by atoms with Crippen molar-refractivity contribution >= 4 is 11.7 Å². The molecule has 0 aromatic rings. The minimum atomic E-state index is -0.180. The van der Waals surface area contributed by atoms with E-state index in [2.05, 4.69) is 46.9 Å². The second-order valence-corrected chi connectivity index (χ2v) is 12.4. The molecule has 4 nitrogen and oxygen atoms in total. The molecule has 4 rings (SSSR count). The van der Waals surface area contributed by atoms with Gasteiger partial charge in [0.2, 0.25) is 5.91 Å². The van der Waals surface area contributed by atoms with Crippen LogP contribution in [0.1, 0.15) is 92.9 Å². The zero-order valence-corrected chi connectivity index (χ0v) is 19.9. The van der Waals surface area contributed by atoms with Crippen LogP contribution in [-0.4, -0.2) is 17.2 Å². The maximum Gasteiger partial charge on any atom is 0.223 e. The molecule has 0 bridgehead atoms. The first kappa shape index (κ1) is 21.9. The number of carbonyl (C=O) groups is 2. The topological polar surface area (TPSA) is 72.2 Å². The molecule has 0 radical (unpaired) electrons. The van der Waals surface area contributed by atoms with Crippen molar-refractivity contribution in [2.75, 3.05) is 0 Å². The first-order valence-corrected chi connectivity index (χ1v) is 12.2. The highest BCUT2D eigenvalue weighted by molar-refractivity contribution is 5.96. The molecule has 1 amide bonds. The first-order valence-electron chi connectivity index (χ1n) is 12.2. The number of hydrogen-bond donors (Lipinski definition) is 2. The van der Waals surface area contributed by atoms with Crippen LogP contribution in [0.4, 0.5) is 0 Å². The van der Waals surface area contributed by atoms with Crippen LogP contribution < -0.4 is 11.1 Å². The van der Waals surface area contributed by atoms with Crippen molar-refractivity contribution in [3.63, 3.8) is 0 Å². The molecule has 4 aliphatic rings. The highest BCUT2D eigenvalue weighted by Gasteiger charge is 2.60. The van der Waals surface area contributed by atoms with Gasteiger partial charge in [-0.2, -0.15) is 0 Å². The van der Waals surface area contributed by atoms with E-state index < -0.39 is 0 Å². The summed E-state index contributed by atoms with van der Waals surface area (Å²) < 4.78 is 0. The Morgan fingerprint density at radius 3 is 2.43 bits per heavy atom. The molecule has 7 atom stereocenters.